The van der Waals surface area contributed by atoms with Gasteiger partial charge in [-0.05, 0) is 38.2 Å². The highest BCUT2D eigenvalue weighted by Crippen LogP contribution is 2.22. The number of hydrazine groups is 1. The molecule has 0 bridgehead atoms. The quantitative estimate of drug-likeness (QED) is 0.518. The Morgan fingerprint density at radius 2 is 1.50 bits per heavy atom. The van der Waals surface area contributed by atoms with E-state index in [9.17, 15) is 19.2 Å². The minimum Gasteiger partial charge on any atom is -0.342 e. The molecule has 0 aliphatic carbocycles. The van der Waals surface area contributed by atoms with Gasteiger partial charge in [0.05, 0.1) is 13.1 Å². The summed E-state index contributed by atoms with van der Waals surface area (Å²) in [5, 5.41) is 3.54. The summed E-state index contributed by atoms with van der Waals surface area (Å²) in [4.78, 5) is 56.8. The lowest BCUT2D eigenvalue weighted by molar-refractivity contribution is -0.139. The Labute approximate surface area is 212 Å². The van der Waals surface area contributed by atoms with Gasteiger partial charge in [-0.3, -0.25) is 29.6 Å². The summed E-state index contributed by atoms with van der Waals surface area (Å²) in [5.41, 5.74) is 2.50. The Bertz CT molecular complexity index is 941. The number of carbonyl (C=O) groups is 4. The standard InChI is InChI=1S/C26H38N6O4/c1-26(12-11-21-9-5-4-6-10-21)24(35)32(25(36)27-26)28-22(33)19-29-15-17-30(18-16-29)20-23(34)31-13-7-2-3-8-14-31/h4-6,9-10H,2-3,7-8,11-20H2,1H3,(H,27,36)(H,28,33)/t26-/m0/s1. The van der Waals surface area contributed by atoms with Crippen molar-refractivity contribution in [1.29, 1.82) is 0 Å². The number of carbonyl (C=O) groups excluding carboxylic acids is 4. The Morgan fingerprint density at radius 1 is 0.889 bits per heavy atom. The second kappa shape index (κ2) is 11.8. The van der Waals surface area contributed by atoms with E-state index in [1.807, 2.05) is 40.1 Å². The van der Waals surface area contributed by atoms with Crippen molar-refractivity contribution in [3.63, 3.8) is 0 Å². The maximum Gasteiger partial charge on any atom is 0.344 e. The molecule has 0 aromatic heterocycles. The maximum absolute atomic E-state index is 13.0. The van der Waals surface area contributed by atoms with Crippen molar-refractivity contribution in [3.8, 4) is 0 Å². The minimum atomic E-state index is -1.06. The maximum atomic E-state index is 13.0. The second-order valence-electron chi connectivity index (χ2n) is 10.3. The number of nitrogens with one attached hydrogen (secondary N) is 2. The first-order valence-corrected chi connectivity index (χ1v) is 13.1. The topological polar surface area (TPSA) is 105 Å². The molecule has 1 aromatic rings. The lowest BCUT2D eigenvalue weighted by atomic mass is 9.93. The van der Waals surface area contributed by atoms with Crippen LogP contribution in [0.5, 0.6) is 0 Å². The molecule has 36 heavy (non-hydrogen) atoms. The number of hydrogen-bond acceptors (Lipinski definition) is 6. The van der Waals surface area contributed by atoms with Gasteiger partial charge in [-0.25, -0.2) is 4.79 Å². The normalized spacial score (nSPS) is 23.9. The van der Waals surface area contributed by atoms with Gasteiger partial charge in [0.25, 0.3) is 11.8 Å². The lowest BCUT2D eigenvalue weighted by Crippen LogP contribution is -2.54. The first-order valence-electron chi connectivity index (χ1n) is 13.1. The predicted octanol–water partition coefficient (Wildman–Crippen LogP) is 0.981. The molecule has 0 unspecified atom stereocenters. The molecule has 3 heterocycles. The summed E-state index contributed by atoms with van der Waals surface area (Å²) in [7, 11) is 0. The van der Waals surface area contributed by atoms with E-state index in [4.69, 9.17) is 0 Å². The molecule has 3 fully saturated rings. The SMILES string of the molecule is C[C@@]1(CCc2ccccc2)NC(=O)N(NC(=O)CN2CCN(CC(=O)N3CCCCCC3)CC2)C1=O. The van der Waals surface area contributed by atoms with Crippen LogP contribution in [-0.2, 0) is 20.8 Å². The van der Waals surface area contributed by atoms with Crippen LogP contribution >= 0.6 is 0 Å². The van der Waals surface area contributed by atoms with Gasteiger partial charge in [0.15, 0.2) is 0 Å². The van der Waals surface area contributed by atoms with Crippen molar-refractivity contribution in [2.75, 3.05) is 52.4 Å². The highest BCUT2D eigenvalue weighted by molar-refractivity contribution is 6.07. The molecule has 1 aromatic carbocycles. The Hall–Kier alpha value is -2.98. The van der Waals surface area contributed by atoms with Crippen LogP contribution in [0.15, 0.2) is 30.3 Å². The Kier molecular flexibility index (Phi) is 8.58. The van der Waals surface area contributed by atoms with Crippen molar-refractivity contribution in [1.82, 2.24) is 30.5 Å². The number of amides is 5. The van der Waals surface area contributed by atoms with E-state index in [1.165, 1.54) is 12.8 Å². The third kappa shape index (κ3) is 6.61. The van der Waals surface area contributed by atoms with Crippen LogP contribution in [0.2, 0.25) is 0 Å². The monoisotopic (exact) mass is 498 g/mol. The summed E-state index contributed by atoms with van der Waals surface area (Å²) < 4.78 is 0. The molecule has 0 saturated carbocycles. The van der Waals surface area contributed by atoms with E-state index >= 15 is 0 Å². The molecule has 3 aliphatic rings. The highest BCUT2D eigenvalue weighted by atomic mass is 16.2. The fraction of sp³-hybridized carbons (Fsp3) is 0.615. The van der Waals surface area contributed by atoms with Gasteiger partial charge < -0.3 is 10.2 Å². The zero-order valence-corrected chi connectivity index (χ0v) is 21.2. The second-order valence-corrected chi connectivity index (χ2v) is 10.3. The zero-order chi connectivity index (χ0) is 25.5. The molecule has 1 atom stereocenters. The van der Waals surface area contributed by atoms with Gasteiger partial charge in [-0.2, -0.15) is 5.01 Å². The fourth-order valence-electron chi connectivity index (χ4n) is 5.07. The van der Waals surface area contributed by atoms with Crippen LogP contribution in [0.4, 0.5) is 4.79 Å². The van der Waals surface area contributed by atoms with E-state index in [2.05, 4.69) is 15.6 Å². The third-order valence-corrected chi connectivity index (χ3v) is 7.40. The summed E-state index contributed by atoms with van der Waals surface area (Å²) in [6.07, 6.45) is 5.63. The molecule has 10 nitrogen and oxygen atoms in total. The summed E-state index contributed by atoms with van der Waals surface area (Å²) in [5.74, 6) is -0.662. The summed E-state index contributed by atoms with van der Waals surface area (Å²) >= 11 is 0. The van der Waals surface area contributed by atoms with E-state index in [-0.39, 0.29) is 12.5 Å². The van der Waals surface area contributed by atoms with E-state index < -0.39 is 23.4 Å². The van der Waals surface area contributed by atoms with Crippen molar-refractivity contribution >= 4 is 23.8 Å². The molecule has 4 rings (SSSR count). The smallest absolute Gasteiger partial charge is 0.342 e. The Morgan fingerprint density at radius 3 is 2.14 bits per heavy atom. The van der Waals surface area contributed by atoms with Gasteiger partial charge in [0.1, 0.15) is 5.54 Å². The highest BCUT2D eigenvalue weighted by Gasteiger charge is 2.48. The fourth-order valence-corrected chi connectivity index (χ4v) is 5.07. The van der Waals surface area contributed by atoms with Gasteiger partial charge in [-0.1, -0.05) is 43.2 Å². The molecular weight excluding hydrogens is 460 g/mol. The number of imide groups is 1. The van der Waals surface area contributed by atoms with Crippen molar-refractivity contribution in [3.05, 3.63) is 35.9 Å². The predicted molar refractivity (Wildman–Crippen MR) is 135 cm³/mol. The van der Waals surface area contributed by atoms with Gasteiger partial charge in [0, 0.05) is 39.3 Å². The number of rotatable bonds is 8. The molecule has 0 radical (unpaired) electrons. The average Bonchev–Trinajstić information content (AvgIpc) is 3.07. The number of aryl methyl sites for hydroxylation is 1. The molecule has 10 heteroatoms. The van der Waals surface area contributed by atoms with Gasteiger partial charge in [0.2, 0.25) is 5.91 Å². The lowest BCUT2D eigenvalue weighted by Gasteiger charge is -2.35. The largest absolute Gasteiger partial charge is 0.344 e. The van der Waals surface area contributed by atoms with Crippen molar-refractivity contribution in [2.45, 2.75) is 51.0 Å². The number of piperazine rings is 1. The molecular formula is C26H38N6O4. The molecule has 196 valence electrons. The van der Waals surface area contributed by atoms with Crippen LogP contribution in [0.3, 0.4) is 0 Å². The van der Waals surface area contributed by atoms with Crippen molar-refractivity contribution in [2.24, 2.45) is 0 Å². The van der Waals surface area contributed by atoms with Gasteiger partial charge >= 0.3 is 6.03 Å². The molecule has 2 N–H and O–H groups in total. The number of nitrogens with zero attached hydrogens (tertiary/aromatic N) is 4. The van der Waals surface area contributed by atoms with E-state index in [0.717, 1.165) is 36.5 Å². The van der Waals surface area contributed by atoms with E-state index in [0.29, 0.717) is 45.6 Å². The number of hydrogen-bond donors (Lipinski definition) is 2. The van der Waals surface area contributed by atoms with Crippen LogP contribution in [0.1, 0.15) is 44.6 Å². The number of benzene rings is 1. The molecule has 3 aliphatic heterocycles. The minimum absolute atomic E-state index is 0.0890. The zero-order valence-electron chi connectivity index (χ0n) is 21.2. The number of likely N-dealkylation sites (tertiary alicyclic amines) is 1. The van der Waals surface area contributed by atoms with Crippen LogP contribution in [-0.4, -0.2) is 101 Å². The molecule has 0 spiro atoms. The third-order valence-electron chi connectivity index (χ3n) is 7.40. The molecule has 3 saturated heterocycles. The first-order chi connectivity index (χ1) is 17.3. The van der Waals surface area contributed by atoms with Crippen LogP contribution < -0.4 is 10.7 Å². The summed E-state index contributed by atoms with van der Waals surface area (Å²) in [6.45, 7) is 6.61. The van der Waals surface area contributed by atoms with Crippen molar-refractivity contribution < 1.29 is 19.2 Å². The molecule has 5 amide bonds. The van der Waals surface area contributed by atoms with Crippen LogP contribution in [0, 0.1) is 0 Å². The Balaban J connectivity index is 1.20. The number of urea groups is 1. The average molecular weight is 499 g/mol. The van der Waals surface area contributed by atoms with E-state index in [1.54, 1.807) is 6.92 Å². The van der Waals surface area contributed by atoms with Crippen LogP contribution in [0.25, 0.3) is 0 Å². The first kappa shape index (κ1) is 26.1. The summed E-state index contributed by atoms with van der Waals surface area (Å²) in [6, 6.07) is 9.16. The van der Waals surface area contributed by atoms with Gasteiger partial charge in [-0.15, -0.1) is 0 Å².